The van der Waals surface area contributed by atoms with Crippen LogP contribution >= 0.6 is 0 Å². The van der Waals surface area contributed by atoms with Crippen LogP contribution in [0.1, 0.15) is 19.8 Å². The van der Waals surface area contributed by atoms with Crippen LogP contribution in [-0.4, -0.2) is 39.0 Å². The number of aliphatic hydroxyl groups is 1. The molecule has 1 fully saturated rings. The average molecular weight is 244 g/mol. The number of hydrogen-bond donors (Lipinski definition) is 1. The summed E-state index contributed by atoms with van der Waals surface area (Å²) < 4.78 is 0. The van der Waals surface area contributed by atoms with Gasteiger partial charge >= 0.3 is 0 Å². The van der Waals surface area contributed by atoms with E-state index in [-0.39, 0.29) is 0 Å². The monoisotopic (exact) mass is 244 g/mol. The Morgan fingerprint density at radius 1 is 1.22 bits per heavy atom. The van der Waals surface area contributed by atoms with Gasteiger partial charge in [-0.05, 0) is 31.9 Å². The Bertz CT molecular complexity index is 570. The molecule has 5 nitrogen and oxygen atoms in total. The van der Waals surface area contributed by atoms with Crippen molar-refractivity contribution in [2.75, 3.05) is 18.0 Å². The molecule has 5 heteroatoms. The van der Waals surface area contributed by atoms with Crippen molar-refractivity contribution in [3.8, 4) is 0 Å². The van der Waals surface area contributed by atoms with E-state index in [1.54, 1.807) is 0 Å². The summed E-state index contributed by atoms with van der Waals surface area (Å²) >= 11 is 0. The molecule has 3 rings (SSSR count). The lowest BCUT2D eigenvalue weighted by Gasteiger charge is -2.36. The third-order valence-corrected chi connectivity index (χ3v) is 3.31. The first-order valence-corrected chi connectivity index (χ1v) is 6.21. The normalized spacial score (nSPS) is 24.4. The van der Waals surface area contributed by atoms with Gasteiger partial charge in [-0.1, -0.05) is 12.1 Å². The zero-order valence-electron chi connectivity index (χ0n) is 10.4. The summed E-state index contributed by atoms with van der Waals surface area (Å²) in [6.07, 6.45) is 1.77. The zero-order chi connectivity index (χ0) is 12.6. The lowest BCUT2D eigenvalue weighted by Crippen LogP contribution is -2.46. The highest BCUT2D eigenvalue weighted by atomic mass is 16.3. The van der Waals surface area contributed by atoms with Crippen LogP contribution in [0.15, 0.2) is 24.3 Å². The molecule has 18 heavy (non-hydrogen) atoms. The molecule has 0 radical (unpaired) electrons. The molecule has 1 atom stereocenters. The second kappa shape index (κ2) is 4.17. The Balaban J connectivity index is 1.94. The summed E-state index contributed by atoms with van der Waals surface area (Å²) in [6.45, 7) is 3.29. The van der Waals surface area contributed by atoms with Gasteiger partial charge in [0.25, 0.3) is 0 Å². The Hall–Kier alpha value is -1.75. The van der Waals surface area contributed by atoms with E-state index in [1.165, 1.54) is 0 Å². The smallest absolute Gasteiger partial charge is 0.246 e. The molecule has 1 N–H and O–H groups in total. The topological polar surface area (TPSA) is 62.1 Å². The highest BCUT2D eigenvalue weighted by Crippen LogP contribution is 2.23. The highest BCUT2D eigenvalue weighted by molar-refractivity contribution is 5.74. The number of hydrogen-bond acceptors (Lipinski definition) is 5. The third-order valence-electron chi connectivity index (χ3n) is 3.31. The predicted molar refractivity (Wildman–Crippen MR) is 69.4 cm³/mol. The number of rotatable bonds is 1. The zero-order valence-corrected chi connectivity index (χ0v) is 10.4. The van der Waals surface area contributed by atoms with Gasteiger partial charge in [-0.2, -0.15) is 0 Å². The third kappa shape index (κ3) is 2.13. The van der Waals surface area contributed by atoms with Crippen molar-refractivity contribution in [3.63, 3.8) is 0 Å². The highest BCUT2D eigenvalue weighted by Gasteiger charge is 2.29. The largest absolute Gasteiger partial charge is 0.388 e. The van der Waals surface area contributed by atoms with Gasteiger partial charge in [0.1, 0.15) is 5.52 Å². The lowest BCUT2D eigenvalue weighted by atomic mass is 9.95. The number of para-hydroxylation sites is 1. The van der Waals surface area contributed by atoms with Gasteiger partial charge < -0.3 is 10.0 Å². The summed E-state index contributed by atoms with van der Waals surface area (Å²) in [6, 6.07) is 7.68. The maximum Gasteiger partial charge on any atom is 0.246 e. The molecular formula is C13H16N4O. The first-order valence-electron chi connectivity index (χ1n) is 6.21. The second-order valence-corrected chi connectivity index (χ2v) is 5.12. The summed E-state index contributed by atoms with van der Waals surface area (Å²) in [5, 5.41) is 18.4. The molecule has 0 saturated carbocycles. The summed E-state index contributed by atoms with van der Waals surface area (Å²) in [7, 11) is 0. The first-order chi connectivity index (χ1) is 8.64. The van der Waals surface area contributed by atoms with Crippen LogP contribution in [0.4, 0.5) is 5.95 Å². The number of fused-ring (bicyclic) bond motifs is 1. The molecular weight excluding hydrogens is 228 g/mol. The van der Waals surface area contributed by atoms with Crippen molar-refractivity contribution < 1.29 is 5.11 Å². The first kappa shape index (κ1) is 11.3. The maximum absolute atomic E-state index is 10.1. The second-order valence-electron chi connectivity index (χ2n) is 5.12. The molecule has 1 aliphatic heterocycles. The molecule has 0 spiro atoms. The van der Waals surface area contributed by atoms with E-state index < -0.39 is 5.60 Å². The lowest BCUT2D eigenvalue weighted by molar-refractivity contribution is 0.0444. The SMILES string of the molecule is CC1(O)CCCN(c2nnc3ccccc3n2)C1. The fourth-order valence-electron chi connectivity index (χ4n) is 2.40. The summed E-state index contributed by atoms with van der Waals surface area (Å²) in [4.78, 5) is 6.51. The molecule has 94 valence electrons. The van der Waals surface area contributed by atoms with Crippen molar-refractivity contribution in [1.82, 2.24) is 15.2 Å². The number of piperidine rings is 1. The summed E-state index contributed by atoms with van der Waals surface area (Å²) in [5.74, 6) is 0.605. The summed E-state index contributed by atoms with van der Waals surface area (Å²) in [5.41, 5.74) is 0.977. The minimum atomic E-state index is -0.659. The van der Waals surface area contributed by atoms with Crippen LogP contribution < -0.4 is 4.90 Å². The average Bonchev–Trinajstić information content (AvgIpc) is 2.37. The standard InChI is InChI=1S/C13H16N4O/c1-13(18)7-4-8-17(9-13)12-14-10-5-2-3-6-11(10)15-16-12/h2-3,5-6,18H,4,7-9H2,1H3. The molecule has 1 aromatic heterocycles. The number of nitrogens with zero attached hydrogens (tertiary/aromatic N) is 4. The minimum Gasteiger partial charge on any atom is -0.388 e. The van der Waals surface area contributed by atoms with Crippen LogP contribution in [-0.2, 0) is 0 Å². The minimum absolute atomic E-state index is 0.563. The van der Waals surface area contributed by atoms with E-state index in [1.807, 2.05) is 36.1 Å². The molecule has 0 amide bonds. The molecule has 0 bridgehead atoms. The van der Waals surface area contributed by atoms with Crippen molar-refractivity contribution in [3.05, 3.63) is 24.3 Å². The maximum atomic E-state index is 10.1. The van der Waals surface area contributed by atoms with Crippen molar-refractivity contribution in [1.29, 1.82) is 0 Å². The Kier molecular flexibility index (Phi) is 2.63. The van der Waals surface area contributed by atoms with E-state index in [9.17, 15) is 5.11 Å². The van der Waals surface area contributed by atoms with Crippen LogP contribution in [0.5, 0.6) is 0 Å². The van der Waals surface area contributed by atoms with Gasteiger partial charge in [-0.3, -0.25) is 0 Å². The van der Waals surface area contributed by atoms with E-state index in [0.717, 1.165) is 30.4 Å². The van der Waals surface area contributed by atoms with E-state index in [4.69, 9.17) is 0 Å². The number of anilines is 1. The molecule has 0 aliphatic carbocycles. The van der Waals surface area contributed by atoms with Gasteiger partial charge in [0, 0.05) is 13.1 Å². The fourth-order valence-corrected chi connectivity index (χ4v) is 2.40. The van der Waals surface area contributed by atoms with E-state index >= 15 is 0 Å². The molecule has 2 aromatic rings. The number of β-amino-alcohol motifs (C(OH)–C–C–N with tert-alkyl or cyclic N) is 1. The molecule has 1 saturated heterocycles. The van der Waals surface area contributed by atoms with Gasteiger partial charge in [-0.15, -0.1) is 10.2 Å². The van der Waals surface area contributed by atoms with Crippen molar-refractivity contribution in [2.24, 2.45) is 0 Å². The van der Waals surface area contributed by atoms with Crippen molar-refractivity contribution >= 4 is 17.0 Å². The van der Waals surface area contributed by atoms with Crippen LogP contribution in [0.3, 0.4) is 0 Å². The number of benzene rings is 1. The molecule has 1 aliphatic rings. The molecule has 2 heterocycles. The predicted octanol–water partition coefficient (Wildman–Crippen LogP) is 1.38. The van der Waals surface area contributed by atoms with Gasteiger partial charge in [0.2, 0.25) is 5.95 Å². The van der Waals surface area contributed by atoms with Gasteiger partial charge in [0.15, 0.2) is 0 Å². The molecule has 1 unspecified atom stereocenters. The van der Waals surface area contributed by atoms with Crippen LogP contribution in [0.25, 0.3) is 11.0 Å². The van der Waals surface area contributed by atoms with E-state index in [2.05, 4.69) is 15.2 Å². The quantitative estimate of drug-likeness (QED) is 0.821. The van der Waals surface area contributed by atoms with Gasteiger partial charge in [0.05, 0.1) is 11.1 Å². The Labute approximate surface area is 105 Å². The Morgan fingerprint density at radius 3 is 2.78 bits per heavy atom. The fraction of sp³-hybridized carbons (Fsp3) is 0.462. The van der Waals surface area contributed by atoms with Crippen LogP contribution in [0, 0.1) is 0 Å². The van der Waals surface area contributed by atoms with E-state index in [0.29, 0.717) is 12.5 Å². The van der Waals surface area contributed by atoms with Crippen molar-refractivity contribution in [2.45, 2.75) is 25.4 Å². The van der Waals surface area contributed by atoms with Gasteiger partial charge in [-0.25, -0.2) is 4.98 Å². The molecule has 1 aromatic carbocycles. The number of aromatic nitrogens is 3. The van der Waals surface area contributed by atoms with Crippen LogP contribution in [0.2, 0.25) is 0 Å². The Morgan fingerprint density at radius 2 is 2.00 bits per heavy atom.